The molecule has 110 valence electrons. The summed E-state index contributed by atoms with van der Waals surface area (Å²) in [6.07, 6.45) is 3.53. The molecule has 7 heteroatoms. The highest BCUT2D eigenvalue weighted by Crippen LogP contribution is 2.32. The Morgan fingerprint density at radius 2 is 2.14 bits per heavy atom. The van der Waals surface area contributed by atoms with Gasteiger partial charge >= 0.3 is 5.97 Å². The van der Waals surface area contributed by atoms with Crippen molar-refractivity contribution in [2.45, 2.75) is 6.92 Å². The lowest BCUT2D eigenvalue weighted by atomic mass is 10.1. The Balaban J connectivity index is 2.35. The lowest BCUT2D eigenvalue weighted by Crippen LogP contribution is -2.03. The van der Waals surface area contributed by atoms with Crippen LogP contribution < -0.4 is 9.47 Å². The number of benzene rings is 1. The molecule has 1 heterocycles. The van der Waals surface area contributed by atoms with E-state index in [0.717, 1.165) is 16.1 Å². The molecular formula is C14H13NO4S2. The molecular weight excluding hydrogens is 310 g/mol. The van der Waals surface area contributed by atoms with Gasteiger partial charge in [-0.2, -0.15) is 0 Å². The second kappa shape index (κ2) is 6.82. The number of rotatable bonds is 3. The summed E-state index contributed by atoms with van der Waals surface area (Å²) in [4.78, 5) is 27.1. The Hall–Kier alpha value is -1.73. The van der Waals surface area contributed by atoms with Crippen molar-refractivity contribution >= 4 is 45.1 Å². The number of aliphatic imine (C=N–C) groups is 1. The Kier molecular flexibility index (Phi) is 5.08. The first-order valence-electron chi connectivity index (χ1n) is 5.96. The zero-order chi connectivity index (χ0) is 15.4. The first-order valence-corrected chi connectivity index (χ1v) is 8.00. The number of carbonyl (C=O) groups excluding carboxylic acids is 2. The zero-order valence-electron chi connectivity index (χ0n) is 11.7. The predicted molar refractivity (Wildman–Crippen MR) is 85.8 cm³/mol. The van der Waals surface area contributed by atoms with Crippen LogP contribution in [0, 0.1) is 0 Å². The molecule has 0 atom stereocenters. The fraction of sp³-hybridized carbons (Fsp3) is 0.214. The van der Waals surface area contributed by atoms with Crippen molar-refractivity contribution in [1.29, 1.82) is 0 Å². The lowest BCUT2D eigenvalue weighted by molar-refractivity contribution is -0.132. The van der Waals surface area contributed by atoms with Crippen molar-refractivity contribution in [2.24, 2.45) is 4.99 Å². The van der Waals surface area contributed by atoms with Crippen LogP contribution in [0.2, 0.25) is 0 Å². The predicted octanol–water partition coefficient (Wildman–Crippen LogP) is 2.95. The van der Waals surface area contributed by atoms with Gasteiger partial charge in [0.05, 0.1) is 7.11 Å². The van der Waals surface area contributed by atoms with Gasteiger partial charge in [0.1, 0.15) is 10.1 Å². The van der Waals surface area contributed by atoms with Gasteiger partial charge in [-0.1, -0.05) is 6.07 Å². The minimum Gasteiger partial charge on any atom is -0.493 e. The quantitative estimate of drug-likeness (QED) is 0.484. The highest BCUT2D eigenvalue weighted by atomic mass is 32.2. The molecule has 1 aromatic rings. The molecule has 0 N–H and O–H groups in total. The third-order valence-corrected chi connectivity index (χ3v) is 4.37. The molecule has 0 aromatic heterocycles. The second-order valence-electron chi connectivity index (χ2n) is 4.00. The molecule has 0 radical (unpaired) electrons. The number of hydrogen-bond donors (Lipinski definition) is 0. The van der Waals surface area contributed by atoms with Gasteiger partial charge in [0.2, 0.25) is 5.12 Å². The first kappa shape index (κ1) is 15.7. The summed E-state index contributed by atoms with van der Waals surface area (Å²) in [6.45, 7) is 1.32. The fourth-order valence-electron chi connectivity index (χ4n) is 1.65. The van der Waals surface area contributed by atoms with E-state index in [9.17, 15) is 9.59 Å². The van der Waals surface area contributed by atoms with Crippen molar-refractivity contribution in [3.8, 4) is 11.5 Å². The highest BCUT2D eigenvalue weighted by molar-refractivity contribution is 8.45. The maximum atomic E-state index is 11.8. The SMILES string of the molecule is COc1ccc(/C=C2\N=C(SC)SC2=O)cc1OC(C)=O. The van der Waals surface area contributed by atoms with Crippen LogP contribution in [0.4, 0.5) is 0 Å². The molecule has 0 unspecified atom stereocenters. The molecule has 0 aliphatic carbocycles. The summed E-state index contributed by atoms with van der Waals surface area (Å²) in [5.74, 6) is 0.326. The number of carbonyl (C=O) groups is 2. The van der Waals surface area contributed by atoms with E-state index in [4.69, 9.17) is 9.47 Å². The Morgan fingerprint density at radius 1 is 1.38 bits per heavy atom. The monoisotopic (exact) mass is 323 g/mol. The van der Waals surface area contributed by atoms with Crippen molar-refractivity contribution in [2.75, 3.05) is 13.4 Å². The van der Waals surface area contributed by atoms with Gasteiger partial charge < -0.3 is 9.47 Å². The molecule has 1 aliphatic heterocycles. The van der Waals surface area contributed by atoms with E-state index in [1.165, 1.54) is 25.8 Å². The van der Waals surface area contributed by atoms with E-state index in [0.29, 0.717) is 22.8 Å². The minimum absolute atomic E-state index is 0.0933. The van der Waals surface area contributed by atoms with Gasteiger partial charge in [-0.05, 0) is 41.8 Å². The number of esters is 1. The summed E-state index contributed by atoms with van der Waals surface area (Å²) < 4.78 is 10.9. The van der Waals surface area contributed by atoms with E-state index in [-0.39, 0.29) is 5.12 Å². The van der Waals surface area contributed by atoms with E-state index < -0.39 is 5.97 Å². The molecule has 0 spiro atoms. The van der Waals surface area contributed by atoms with Crippen LogP contribution in [-0.4, -0.2) is 28.8 Å². The maximum Gasteiger partial charge on any atom is 0.308 e. The maximum absolute atomic E-state index is 11.8. The van der Waals surface area contributed by atoms with Crippen LogP contribution in [0.15, 0.2) is 28.9 Å². The molecule has 0 saturated carbocycles. The number of ether oxygens (including phenoxy) is 2. The number of methoxy groups -OCH3 is 1. The smallest absolute Gasteiger partial charge is 0.308 e. The summed E-state index contributed by atoms with van der Waals surface area (Å²) >= 11 is 2.54. The second-order valence-corrected chi connectivity index (χ2v) is 6.02. The zero-order valence-corrected chi connectivity index (χ0v) is 13.3. The largest absolute Gasteiger partial charge is 0.493 e. The molecule has 1 aromatic carbocycles. The van der Waals surface area contributed by atoms with Crippen LogP contribution in [0.1, 0.15) is 12.5 Å². The van der Waals surface area contributed by atoms with Crippen LogP contribution in [0.3, 0.4) is 0 Å². The van der Waals surface area contributed by atoms with Gasteiger partial charge in [-0.3, -0.25) is 9.59 Å². The first-order chi connectivity index (χ1) is 10.0. The third-order valence-electron chi connectivity index (χ3n) is 2.52. The molecule has 0 bridgehead atoms. The average Bonchev–Trinajstić information content (AvgIpc) is 2.79. The lowest BCUT2D eigenvalue weighted by Gasteiger charge is -2.08. The molecule has 0 amide bonds. The number of thioether (sulfide) groups is 2. The minimum atomic E-state index is -0.437. The summed E-state index contributed by atoms with van der Waals surface area (Å²) in [5, 5.41) is -0.0933. The van der Waals surface area contributed by atoms with E-state index >= 15 is 0 Å². The average molecular weight is 323 g/mol. The van der Waals surface area contributed by atoms with Crippen molar-refractivity contribution in [3.05, 3.63) is 29.5 Å². The van der Waals surface area contributed by atoms with Crippen LogP contribution in [0.5, 0.6) is 11.5 Å². The summed E-state index contributed by atoms with van der Waals surface area (Å²) in [7, 11) is 1.49. The summed E-state index contributed by atoms with van der Waals surface area (Å²) in [5.41, 5.74) is 1.09. The van der Waals surface area contributed by atoms with Gasteiger partial charge in [0.25, 0.3) is 0 Å². The van der Waals surface area contributed by atoms with Gasteiger partial charge in [-0.15, -0.1) is 11.8 Å². The van der Waals surface area contributed by atoms with Crippen LogP contribution in [-0.2, 0) is 9.59 Å². The Bertz CT molecular complexity index is 652. The third kappa shape index (κ3) is 3.89. The number of nitrogens with zero attached hydrogens (tertiary/aromatic N) is 1. The normalized spacial score (nSPS) is 16.0. The van der Waals surface area contributed by atoms with E-state index in [2.05, 4.69) is 4.99 Å². The molecule has 21 heavy (non-hydrogen) atoms. The summed E-state index contributed by atoms with van der Waals surface area (Å²) in [6, 6.07) is 5.08. The van der Waals surface area contributed by atoms with E-state index in [1.807, 2.05) is 6.26 Å². The van der Waals surface area contributed by atoms with Gasteiger partial charge in [0.15, 0.2) is 11.5 Å². The highest BCUT2D eigenvalue weighted by Gasteiger charge is 2.21. The van der Waals surface area contributed by atoms with Crippen molar-refractivity contribution < 1.29 is 19.1 Å². The fourth-order valence-corrected chi connectivity index (χ4v) is 2.91. The van der Waals surface area contributed by atoms with Crippen molar-refractivity contribution in [1.82, 2.24) is 0 Å². The van der Waals surface area contributed by atoms with Crippen molar-refractivity contribution in [3.63, 3.8) is 0 Å². The Labute approximate surface area is 130 Å². The molecule has 2 rings (SSSR count). The molecule has 0 fully saturated rings. The number of hydrogen-bond acceptors (Lipinski definition) is 7. The van der Waals surface area contributed by atoms with Crippen LogP contribution >= 0.6 is 23.5 Å². The molecule has 1 aliphatic rings. The van der Waals surface area contributed by atoms with Crippen LogP contribution in [0.25, 0.3) is 6.08 Å². The van der Waals surface area contributed by atoms with Gasteiger partial charge in [-0.25, -0.2) is 4.99 Å². The topological polar surface area (TPSA) is 65.0 Å². The Morgan fingerprint density at radius 3 is 2.71 bits per heavy atom. The van der Waals surface area contributed by atoms with E-state index in [1.54, 1.807) is 24.3 Å². The molecule has 0 saturated heterocycles. The van der Waals surface area contributed by atoms with Gasteiger partial charge in [0, 0.05) is 6.92 Å². The standard InChI is InChI=1S/C14H13NO4S2/c1-8(16)19-12-7-9(4-5-11(12)18-2)6-10-13(17)21-14(15-10)20-3/h4-7H,1-3H3/b10-6-. The molecule has 5 nitrogen and oxygen atoms in total.